The maximum absolute atomic E-state index is 11.7. The van der Waals surface area contributed by atoms with Gasteiger partial charge in [0.25, 0.3) is 0 Å². The number of nitrogens with zero attached hydrogens (tertiary/aromatic N) is 1. The number of rotatable bonds is 11. The molecule has 0 aliphatic heterocycles. The van der Waals surface area contributed by atoms with Crippen LogP contribution in [-0.4, -0.2) is 50.2 Å². The van der Waals surface area contributed by atoms with Gasteiger partial charge in [0.1, 0.15) is 5.54 Å². The van der Waals surface area contributed by atoms with Gasteiger partial charge in [0.2, 0.25) is 0 Å². The molecule has 4 heteroatoms. The van der Waals surface area contributed by atoms with Gasteiger partial charge in [0, 0.05) is 0 Å². The van der Waals surface area contributed by atoms with E-state index in [2.05, 4.69) is 24.1 Å². The van der Waals surface area contributed by atoms with Crippen molar-refractivity contribution in [3.8, 4) is 0 Å². The molecule has 0 radical (unpaired) electrons. The highest BCUT2D eigenvalue weighted by atomic mass is 16.5. The molecule has 0 aromatic heterocycles. The van der Waals surface area contributed by atoms with E-state index >= 15 is 0 Å². The summed E-state index contributed by atoms with van der Waals surface area (Å²) in [6.07, 6.45) is 5.50. The van der Waals surface area contributed by atoms with Crippen LogP contribution in [0.4, 0.5) is 0 Å². The van der Waals surface area contributed by atoms with E-state index in [4.69, 9.17) is 4.74 Å². The number of esters is 1. The third kappa shape index (κ3) is 6.92. The van der Waals surface area contributed by atoms with Crippen LogP contribution >= 0.6 is 0 Å². The van der Waals surface area contributed by atoms with E-state index in [1.165, 1.54) is 26.5 Å². The largest absolute Gasteiger partial charge is 0.468 e. The SMILES string of the molecule is CCCCN(CC)CCCCC(C)(NC)C(=O)OC. The summed E-state index contributed by atoms with van der Waals surface area (Å²) in [5, 5.41) is 3.08. The molecule has 0 heterocycles. The van der Waals surface area contributed by atoms with Crippen LogP contribution in [0.25, 0.3) is 0 Å². The molecule has 0 bridgehead atoms. The number of unbranched alkanes of at least 4 members (excludes halogenated alkanes) is 2. The van der Waals surface area contributed by atoms with Crippen LogP contribution in [0.15, 0.2) is 0 Å². The monoisotopic (exact) mass is 272 g/mol. The molecule has 0 aliphatic carbocycles. The first-order valence-electron chi connectivity index (χ1n) is 7.53. The first kappa shape index (κ1) is 18.4. The van der Waals surface area contributed by atoms with Gasteiger partial charge in [-0.25, -0.2) is 0 Å². The summed E-state index contributed by atoms with van der Waals surface area (Å²) >= 11 is 0. The summed E-state index contributed by atoms with van der Waals surface area (Å²) < 4.78 is 4.85. The lowest BCUT2D eigenvalue weighted by Gasteiger charge is -2.26. The predicted octanol–water partition coefficient (Wildman–Crippen LogP) is 2.43. The van der Waals surface area contributed by atoms with Crippen LogP contribution in [0.2, 0.25) is 0 Å². The molecule has 0 amide bonds. The van der Waals surface area contributed by atoms with Crippen LogP contribution in [0.5, 0.6) is 0 Å². The highest BCUT2D eigenvalue weighted by Crippen LogP contribution is 2.15. The van der Waals surface area contributed by atoms with Crippen molar-refractivity contribution < 1.29 is 9.53 Å². The Hall–Kier alpha value is -0.610. The molecule has 0 aliphatic rings. The minimum Gasteiger partial charge on any atom is -0.468 e. The number of carbonyl (C=O) groups is 1. The highest BCUT2D eigenvalue weighted by Gasteiger charge is 2.31. The minimum atomic E-state index is -0.546. The average molecular weight is 272 g/mol. The van der Waals surface area contributed by atoms with E-state index in [0.717, 1.165) is 32.4 Å². The number of methoxy groups -OCH3 is 1. The van der Waals surface area contributed by atoms with Crippen LogP contribution < -0.4 is 5.32 Å². The zero-order chi connectivity index (χ0) is 14.7. The normalized spacial score (nSPS) is 14.4. The standard InChI is InChI=1S/C15H32N2O2/c1-6-8-12-17(7-2)13-10-9-11-15(3,16-4)14(18)19-5/h16H,6-13H2,1-5H3. The third-order valence-corrected chi connectivity index (χ3v) is 3.86. The van der Waals surface area contributed by atoms with Crippen molar-refractivity contribution in [1.29, 1.82) is 0 Å². The molecule has 0 aromatic carbocycles. The van der Waals surface area contributed by atoms with E-state index in [0.29, 0.717) is 0 Å². The topological polar surface area (TPSA) is 41.6 Å². The van der Waals surface area contributed by atoms with Gasteiger partial charge in [-0.05, 0) is 59.3 Å². The Bertz CT molecular complexity index is 246. The Morgan fingerprint density at radius 2 is 1.84 bits per heavy atom. The molecule has 0 fully saturated rings. The van der Waals surface area contributed by atoms with E-state index in [1.54, 1.807) is 0 Å². The zero-order valence-electron chi connectivity index (χ0n) is 13.4. The molecular weight excluding hydrogens is 240 g/mol. The maximum Gasteiger partial charge on any atom is 0.325 e. The first-order valence-corrected chi connectivity index (χ1v) is 7.53. The van der Waals surface area contributed by atoms with Gasteiger partial charge in [0.05, 0.1) is 7.11 Å². The summed E-state index contributed by atoms with van der Waals surface area (Å²) in [5.74, 6) is -0.173. The fourth-order valence-corrected chi connectivity index (χ4v) is 2.18. The number of ether oxygens (including phenoxy) is 1. The Morgan fingerprint density at radius 1 is 1.21 bits per heavy atom. The van der Waals surface area contributed by atoms with Crippen molar-refractivity contribution in [3.05, 3.63) is 0 Å². The molecule has 0 aromatic rings. The Morgan fingerprint density at radius 3 is 2.32 bits per heavy atom. The van der Waals surface area contributed by atoms with Crippen molar-refractivity contribution >= 4 is 5.97 Å². The Kier molecular flexibility index (Phi) is 9.88. The number of carbonyl (C=O) groups excluding carboxylic acids is 1. The second-order valence-electron chi connectivity index (χ2n) is 5.32. The minimum absolute atomic E-state index is 0.173. The Balaban J connectivity index is 3.96. The smallest absolute Gasteiger partial charge is 0.325 e. The molecule has 0 saturated carbocycles. The average Bonchev–Trinajstić information content (AvgIpc) is 2.45. The van der Waals surface area contributed by atoms with Crippen molar-refractivity contribution in [1.82, 2.24) is 10.2 Å². The summed E-state index contributed by atoms with van der Waals surface area (Å²) in [4.78, 5) is 14.2. The molecule has 19 heavy (non-hydrogen) atoms. The highest BCUT2D eigenvalue weighted by molar-refractivity contribution is 5.80. The molecule has 0 spiro atoms. The quantitative estimate of drug-likeness (QED) is 0.463. The number of likely N-dealkylation sites (N-methyl/N-ethyl adjacent to an activating group) is 1. The van der Waals surface area contributed by atoms with Gasteiger partial charge < -0.3 is 15.0 Å². The van der Waals surface area contributed by atoms with E-state index in [-0.39, 0.29) is 5.97 Å². The predicted molar refractivity (Wildman–Crippen MR) is 80.4 cm³/mol. The lowest BCUT2D eigenvalue weighted by Crippen LogP contribution is -2.48. The van der Waals surface area contributed by atoms with Gasteiger partial charge in [-0.15, -0.1) is 0 Å². The fraction of sp³-hybridized carbons (Fsp3) is 0.933. The van der Waals surface area contributed by atoms with E-state index in [9.17, 15) is 4.79 Å². The lowest BCUT2D eigenvalue weighted by molar-refractivity contribution is -0.148. The number of hydrogen-bond acceptors (Lipinski definition) is 4. The molecule has 0 rings (SSSR count). The lowest BCUT2D eigenvalue weighted by atomic mass is 9.95. The van der Waals surface area contributed by atoms with Gasteiger partial charge in [-0.1, -0.05) is 20.3 Å². The molecular formula is C15H32N2O2. The molecule has 0 saturated heterocycles. The number of nitrogens with one attached hydrogen (secondary N) is 1. The van der Waals surface area contributed by atoms with Crippen molar-refractivity contribution in [2.45, 2.75) is 58.4 Å². The third-order valence-electron chi connectivity index (χ3n) is 3.86. The fourth-order valence-electron chi connectivity index (χ4n) is 2.18. The van der Waals surface area contributed by atoms with Crippen LogP contribution in [0, 0.1) is 0 Å². The van der Waals surface area contributed by atoms with Crippen LogP contribution in [0.3, 0.4) is 0 Å². The molecule has 1 N–H and O–H groups in total. The van der Waals surface area contributed by atoms with E-state index < -0.39 is 5.54 Å². The first-order chi connectivity index (χ1) is 9.03. The molecule has 4 nitrogen and oxygen atoms in total. The van der Waals surface area contributed by atoms with Crippen LogP contribution in [0.1, 0.15) is 52.9 Å². The molecule has 1 unspecified atom stereocenters. The Labute approximate surface area is 118 Å². The zero-order valence-corrected chi connectivity index (χ0v) is 13.4. The summed E-state index contributed by atoms with van der Waals surface area (Å²) in [6.45, 7) is 9.77. The maximum atomic E-state index is 11.7. The van der Waals surface area contributed by atoms with Crippen LogP contribution in [-0.2, 0) is 9.53 Å². The second kappa shape index (κ2) is 10.2. The molecule has 114 valence electrons. The van der Waals surface area contributed by atoms with Gasteiger partial charge in [0.15, 0.2) is 0 Å². The van der Waals surface area contributed by atoms with Gasteiger partial charge in [-0.3, -0.25) is 4.79 Å². The van der Waals surface area contributed by atoms with E-state index in [1.807, 2.05) is 14.0 Å². The van der Waals surface area contributed by atoms with Crippen molar-refractivity contribution in [2.75, 3.05) is 33.8 Å². The van der Waals surface area contributed by atoms with Gasteiger partial charge >= 0.3 is 5.97 Å². The summed E-state index contributed by atoms with van der Waals surface area (Å²) in [5.41, 5.74) is -0.546. The second-order valence-corrected chi connectivity index (χ2v) is 5.32. The van der Waals surface area contributed by atoms with Crippen molar-refractivity contribution in [3.63, 3.8) is 0 Å². The number of hydrogen-bond donors (Lipinski definition) is 1. The summed E-state index contributed by atoms with van der Waals surface area (Å²) in [6, 6.07) is 0. The van der Waals surface area contributed by atoms with Crippen molar-refractivity contribution in [2.24, 2.45) is 0 Å². The summed E-state index contributed by atoms with van der Waals surface area (Å²) in [7, 11) is 3.26. The molecule has 1 atom stereocenters. The van der Waals surface area contributed by atoms with Gasteiger partial charge in [-0.2, -0.15) is 0 Å².